The molecule has 2 atom stereocenters. The van der Waals surface area contributed by atoms with E-state index < -0.39 is 0 Å². The van der Waals surface area contributed by atoms with Gasteiger partial charge in [0.2, 0.25) is 11.8 Å². The van der Waals surface area contributed by atoms with E-state index in [9.17, 15) is 4.79 Å². The third-order valence-electron chi connectivity index (χ3n) is 4.64. The molecule has 3 heterocycles. The first-order valence-corrected chi connectivity index (χ1v) is 8.42. The number of nitrogens with zero attached hydrogens (tertiary/aromatic N) is 3. The van der Waals surface area contributed by atoms with Gasteiger partial charge in [-0.05, 0) is 38.5 Å². The number of carbonyl (C=O) groups is 1. The van der Waals surface area contributed by atoms with Crippen molar-refractivity contribution >= 4 is 5.91 Å². The highest BCUT2D eigenvalue weighted by atomic mass is 16.5. The number of likely N-dealkylation sites (tertiary alicyclic amines) is 1. The second-order valence-corrected chi connectivity index (χ2v) is 6.38. The third kappa shape index (κ3) is 3.85. The molecule has 0 spiro atoms. The Kier molecular flexibility index (Phi) is 5.08. The molecule has 6 nitrogen and oxygen atoms in total. The van der Waals surface area contributed by atoms with E-state index in [4.69, 9.17) is 9.26 Å². The van der Waals surface area contributed by atoms with Gasteiger partial charge in [-0.3, -0.25) is 4.79 Å². The van der Waals surface area contributed by atoms with Crippen molar-refractivity contribution in [1.82, 2.24) is 15.0 Å². The smallest absolute Gasteiger partial charge is 0.223 e. The fourth-order valence-electron chi connectivity index (χ4n) is 3.37. The lowest BCUT2D eigenvalue weighted by Crippen LogP contribution is -2.39. The quantitative estimate of drug-likeness (QED) is 0.854. The first-order chi connectivity index (χ1) is 10.7. The predicted octanol–water partition coefficient (Wildman–Crippen LogP) is 2.43. The minimum absolute atomic E-state index is 0.209. The number of hydrogen-bond donors (Lipinski definition) is 0. The summed E-state index contributed by atoms with van der Waals surface area (Å²) in [5, 5.41) is 4.01. The van der Waals surface area contributed by atoms with Gasteiger partial charge in [0.05, 0.1) is 6.10 Å². The van der Waals surface area contributed by atoms with Gasteiger partial charge in [0.25, 0.3) is 0 Å². The van der Waals surface area contributed by atoms with Crippen LogP contribution < -0.4 is 0 Å². The average Bonchev–Trinajstić information content (AvgIpc) is 3.00. The van der Waals surface area contributed by atoms with Gasteiger partial charge < -0.3 is 14.2 Å². The van der Waals surface area contributed by atoms with Gasteiger partial charge in [0.15, 0.2) is 5.82 Å². The molecule has 0 N–H and O–H groups in total. The number of ether oxygens (including phenoxy) is 1. The molecule has 2 aliphatic rings. The summed E-state index contributed by atoms with van der Waals surface area (Å²) >= 11 is 0. The summed E-state index contributed by atoms with van der Waals surface area (Å²) in [7, 11) is 0. The van der Waals surface area contributed by atoms with Crippen LogP contribution in [0.3, 0.4) is 0 Å². The molecule has 2 fully saturated rings. The van der Waals surface area contributed by atoms with Crippen LogP contribution in [0.2, 0.25) is 0 Å². The topological polar surface area (TPSA) is 68.5 Å². The Morgan fingerprint density at radius 2 is 2.23 bits per heavy atom. The molecule has 0 bridgehead atoms. The van der Waals surface area contributed by atoms with Crippen molar-refractivity contribution in [3.05, 3.63) is 11.7 Å². The molecule has 3 rings (SSSR count). The molecule has 2 saturated heterocycles. The maximum atomic E-state index is 12.4. The molecule has 0 aliphatic carbocycles. The van der Waals surface area contributed by atoms with Crippen LogP contribution in [0.5, 0.6) is 0 Å². The van der Waals surface area contributed by atoms with Crippen molar-refractivity contribution in [3.63, 3.8) is 0 Å². The summed E-state index contributed by atoms with van der Waals surface area (Å²) in [5.74, 6) is 1.78. The van der Waals surface area contributed by atoms with Crippen LogP contribution in [0.25, 0.3) is 0 Å². The van der Waals surface area contributed by atoms with Gasteiger partial charge in [0.1, 0.15) is 0 Å². The van der Waals surface area contributed by atoms with Crippen LogP contribution >= 0.6 is 0 Å². The Hall–Kier alpha value is -1.43. The highest BCUT2D eigenvalue weighted by Crippen LogP contribution is 2.26. The van der Waals surface area contributed by atoms with Gasteiger partial charge in [-0.2, -0.15) is 4.98 Å². The Labute approximate surface area is 131 Å². The minimum atomic E-state index is 0.209. The lowest BCUT2D eigenvalue weighted by molar-refractivity contribution is -0.133. The van der Waals surface area contributed by atoms with Gasteiger partial charge >= 0.3 is 0 Å². The zero-order chi connectivity index (χ0) is 15.4. The number of aromatic nitrogens is 2. The van der Waals surface area contributed by atoms with Gasteiger partial charge in [-0.25, -0.2) is 0 Å². The van der Waals surface area contributed by atoms with Crippen LogP contribution in [0.1, 0.15) is 62.6 Å². The van der Waals surface area contributed by atoms with Crippen LogP contribution in [0.15, 0.2) is 4.52 Å². The SMILES string of the molecule is Cc1nc([C@H]2CCCN(C(=O)CC[C@@H]3CCCCO3)C2)no1. The van der Waals surface area contributed by atoms with E-state index in [-0.39, 0.29) is 17.9 Å². The maximum Gasteiger partial charge on any atom is 0.223 e. The largest absolute Gasteiger partial charge is 0.378 e. The van der Waals surface area contributed by atoms with Crippen molar-refractivity contribution in [2.24, 2.45) is 0 Å². The lowest BCUT2D eigenvalue weighted by Gasteiger charge is -2.32. The normalized spacial score (nSPS) is 26.1. The van der Waals surface area contributed by atoms with E-state index in [0.717, 1.165) is 51.1 Å². The maximum absolute atomic E-state index is 12.4. The average molecular weight is 307 g/mol. The number of hydrogen-bond acceptors (Lipinski definition) is 5. The van der Waals surface area contributed by atoms with Crippen molar-refractivity contribution in [2.45, 2.75) is 63.9 Å². The highest BCUT2D eigenvalue weighted by molar-refractivity contribution is 5.76. The van der Waals surface area contributed by atoms with Gasteiger partial charge in [-0.1, -0.05) is 5.16 Å². The minimum Gasteiger partial charge on any atom is -0.378 e. The van der Waals surface area contributed by atoms with Crippen molar-refractivity contribution in [2.75, 3.05) is 19.7 Å². The second-order valence-electron chi connectivity index (χ2n) is 6.38. The Morgan fingerprint density at radius 1 is 1.32 bits per heavy atom. The molecule has 1 amide bonds. The van der Waals surface area contributed by atoms with Crippen molar-refractivity contribution < 1.29 is 14.1 Å². The molecule has 0 saturated carbocycles. The van der Waals surface area contributed by atoms with E-state index >= 15 is 0 Å². The Bertz CT molecular complexity index is 497. The first kappa shape index (κ1) is 15.5. The Morgan fingerprint density at radius 3 is 2.95 bits per heavy atom. The number of carbonyl (C=O) groups excluding carboxylic acids is 1. The predicted molar refractivity (Wildman–Crippen MR) is 80.4 cm³/mol. The summed E-state index contributed by atoms with van der Waals surface area (Å²) in [6.45, 7) is 4.20. The summed E-state index contributed by atoms with van der Waals surface area (Å²) in [4.78, 5) is 18.7. The van der Waals surface area contributed by atoms with Gasteiger partial charge in [-0.15, -0.1) is 0 Å². The fourth-order valence-corrected chi connectivity index (χ4v) is 3.37. The summed E-state index contributed by atoms with van der Waals surface area (Å²) in [6, 6.07) is 0. The zero-order valence-corrected chi connectivity index (χ0v) is 13.3. The molecule has 1 aromatic heterocycles. The standard InChI is InChI=1S/C16H25N3O3/c1-12-17-16(18-22-12)13-5-4-9-19(11-13)15(20)8-7-14-6-2-3-10-21-14/h13-14H,2-11H2,1H3/t13-,14-/m0/s1. The molecule has 22 heavy (non-hydrogen) atoms. The summed E-state index contributed by atoms with van der Waals surface area (Å²) < 4.78 is 10.8. The van der Waals surface area contributed by atoms with E-state index in [2.05, 4.69) is 10.1 Å². The van der Waals surface area contributed by atoms with E-state index in [0.29, 0.717) is 18.9 Å². The van der Waals surface area contributed by atoms with Crippen molar-refractivity contribution in [3.8, 4) is 0 Å². The monoisotopic (exact) mass is 307 g/mol. The molecule has 6 heteroatoms. The molecule has 122 valence electrons. The lowest BCUT2D eigenvalue weighted by atomic mass is 9.96. The van der Waals surface area contributed by atoms with Gasteiger partial charge in [0, 0.05) is 39.0 Å². The molecular formula is C16H25N3O3. The molecule has 0 aromatic carbocycles. The molecule has 2 aliphatic heterocycles. The molecular weight excluding hydrogens is 282 g/mol. The molecule has 0 radical (unpaired) electrons. The van der Waals surface area contributed by atoms with E-state index in [1.807, 2.05) is 4.90 Å². The second kappa shape index (κ2) is 7.22. The van der Waals surface area contributed by atoms with Crippen LogP contribution in [-0.2, 0) is 9.53 Å². The van der Waals surface area contributed by atoms with Crippen LogP contribution in [-0.4, -0.2) is 46.7 Å². The van der Waals surface area contributed by atoms with E-state index in [1.165, 1.54) is 6.42 Å². The van der Waals surface area contributed by atoms with E-state index in [1.54, 1.807) is 6.92 Å². The molecule has 0 unspecified atom stereocenters. The number of rotatable bonds is 4. The number of amides is 1. The highest BCUT2D eigenvalue weighted by Gasteiger charge is 2.28. The Balaban J connectivity index is 1.49. The summed E-state index contributed by atoms with van der Waals surface area (Å²) in [5.41, 5.74) is 0. The van der Waals surface area contributed by atoms with Crippen LogP contribution in [0.4, 0.5) is 0 Å². The van der Waals surface area contributed by atoms with Crippen molar-refractivity contribution in [1.29, 1.82) is 0 Å². The first-order valence-electron chi connectivity index (χ1n) is 8.42. The zero-order valence-electron chi connectivity index (χ0n) is 13.3. The summed E-state index contributed by atoms with van der Waals surface area (Å²) in [6.07, 6.45) is 7.21. The number of aryl methyl sites for hydroxylation is 1. The number of piperidine rings is 1. The van der Waals surface area contributed by atoms with Crippen LogP contribution in [0, 0.1) is 6.92 Å². The fraction of sp³-hybridized carbons (Fsp3) is 0.812. The third-order valence-corrected chi connectivity index (χ3v) is 4.64. The molecule has 1 aromatic rings.